The lowest BCUT2D eigenvalue weighted by atomic mass is 9.87. The molecule has 1 aliphatic heterocycles. The molecular formula is C29H31FN2O3. The summed E-state index contributed by atoms with van der Waals surface area (Å²) in [5.41, 5.74) is 3.75. The number of hydrogen-bond acceptors (Lipinski definition) is 3. The molecule has 0 N–H and O–H groups in total. The Kier molecular flexibility index (Phi) is 7.49. The van der Waals surface area contributed by atoms with Crippen molar-refractivity contribution in [2.75, 3.05) is 13.6 Å². The first-order valence-electron chi connectivity index (χ1n) is 12.0. The number of carbonyl (C=O) groups excluding carboxylic acids is 2. The fourth-order valence-electron chi connectivity index (χ4n) is 4.67. The molecule has 6 heteroatoms. The number of likely N-dealkylation sites (N-methyl/N-ethyl adjacent to an activating group) is 1. The largest absolute Gasteiger partial charge is 0.481 e. The topological polar surface area (TPSA) is 49.9 Å². The van der Waals surface area contributed by atoms with Crippen LogP contribution < -0.4 is 4.74 Å². The van der Waals surface area contributed by atoms with E-state index in [0.717, 1.165) is 22.3 Å². The van der Waals surface area contributed by atoms with Gasteiger partial charge in [-0.1, -0.05) is 55.5 Å². The summed E-state index contributed by atoms with van der Waals surface area (Å²) in [7, 11) is 1.76. The van der Waals surface area contributed by atoms with Crippen molar-refractivity contribution in [2.24, 2.45) is 0 Å². The molecule has 0 bridgehead atoms. The highest BCUT2D eigenvalue weighted by Crippen LogP contribution is 2.38. The predicted octanol–water partition coefficient (Wildman–Crippen LogP) is 5.14. The zero-order chi connectivity index (χ0) is 24.9. The summed E-state index contributed by atoms with van der Waals surface area (Å²) >= 11 is 0. The van der Waals surface area contributed by atoms with E-state index in [1.807, 2.05) is 66.4 Å². The van der Waals surface area contributed by atoms with Crippen molar-refractivity contribution in [3.8, 4) is 5.75 Å². The summed E-state index contributed by atoms with van der Waals surface area (Å²) in [4.78, 5) is 29.2. The lowest BCUT2D eigenvalue weighted by Crippen LogP contribution is -2.40. The minimum atomic E-state index is -0.689. The summed E-state index contributed by atoms with van der Waals surface area (Å²) < 4.78 is 20.2. The van der Waals surface area contributed by atoms with Crippen molar-refractivity contribution in [3.63, 3.8) is 0 Å². The summed E-state index contributed by atoms with van der Waals surface area (Å²) in [6, 6.07) is 21.5. The fraction of sp³-hybridized carbons (Fsp3) is 0.310. The minimum absolute atomic E-state index is 0.0160. The molecule has 0 radical (unpaired) electrons. The molecule has 1 heterocycles. The third-order valence-electron chi connectivity index (χ3n) is 6.43. The highest BCUT2D eigenvalue weighted by molar-refractivity contribution is 5.80. The first-order valence-corrected chi connectivity index (χ1v) is 12.0. The number of rotatable bonds is 7. The molecule has 5 nitrogen and oxygen atoms in total. The SMILES string of the molecule is CCC(=O)N1CCc2ccc(O[C@@H](C)C(=O)N(C)Cc3ccccc3)cc2[C@@H]1c1cccc(F)c1. The van der Waals surface area contributed by atoms with Crippen LogP contribution in [0.5, 0.6) is 5.75 Å². The van der Waals surface area contributed by atoms with Gasteiger partial charge < -0.3 is 14.5 Å². The molecule has 0 aliphatic carbocycles. The van der Waals surface area contributed by atoms with E-state index in [-0.39, 0.29) is 17.6 Å². The van der Waals surface area contributed by atoms with E-state index in [0.29, 0.717) is 31.7 Å². The third-order valence-corrected chi connectivity index (χ3v) is 6.43. The van der Waals surface area contributed by atoms with Gasteiger partial charge in [0.2, 0.25) is 5.91 Å². The van der Waals surface area contributed by atoms with Crippen LogP contribution in [-0.4, -0.2) is 41.3 Å². The number of amides is 2. The maximum absolute atomic E-state index is 14.1. The first-order chi connectivity index (χ1) is 16.9. The van der Waals surface area contributed by atoms with E-state index < -0.39 is 12.1 Å². The van der Waals surface area contributed by atoms with Crippen LogP contribution in [0.4, 0.5) is 4.39 Å². The summed E-state index contributed by atoms with van der Waals surface area (Å²) in [5.74, 6) is 0.0925. The average Bonchev–Trinajstić information content (AvgIpc) is 2.87. The van der Waals surface area contributed by atoms with Crippen LogP contribution >= 0.6 is 0 Å². The molecule has 0 saturated carbocycles. The Hall–Kier alpha value is -3.67. The van der Waals surface area contributed by atoms with Crippen molar-refractivity contribution >= 4 is 11.8 Å². The van der Waals surface area contributed by atoms with E-state index in [1.54, 1.807) is 24.9 Å². The van der Waals surface area contributed by atoms with Crippen molar-refractivity contribution in [1.29, 1.82) is 0 Å². The van der Waals surface area contributed by atoms with E-state index in [9.17, 15) is 14.0 Å². The van der Waals surface area contributed by atoms with E-state index >= 15 is 0 Å². The Morgan fingerprint density at radius 2 is 1.86 bits per heavy atom. The second kappa shape index (κ2) is 10.7. The first kappa shape index (κ1) is 24.5. The van der Waals surface area contributed by atoms with E-state index in [4.69, 9.17) is 4.74 Å². The number of hydrogen-bond donors (Lipinski definition) is 0. The number of nitrogens with zero attached hydrogens (tertiary/aromatic N) is 2. The Labute approximate surface area is 206 Å². The Bertz CT molecular complexity index is 1200. The molecule has 2 atom stereocenters. The Morgan fingerprint density at radius 3 is 2.57 bits per heavy atom. The standard InChI is InChI=1S/C29H31FN2O3/c1-4-27(33)32-16-15-22-13-14-25(18-26(22)28(32)23-11-8-12-24(30)17-23)35-20(2)29(34)31(3)19-21-9-6-5-7-10-21/h5-14,17-18,20,28H,4,15-16,19H2,1-3H3/t20-,28-/m0/s1. The maximum atomic E-state index is 14.1. The number of halogens is 1. The van der Waals surface area contributed by atoms with Crippen molar-refractivity contribution < 1.29 is 18.7 Å². The van der Waals surface area contributed by atoms with Crippen molar-refractivity contribution in [2.45, 2.75) is 45.4 Å². The molecule has 0 aromatic heterocycles. The lowest BCUT2D eigenvalue weighted by molar-refractivity contribution is -0.137. The average molecular weight is 475 g/mol. The number of fused-ring (bicyclic) bond motifs is 1. The maximum Gasteiger partial charge on any atom is 0.263 e. The number of ether oxygens (including phenoxy) is 1. The molecule has 3 aromatic carbocycles. The Balaban J connectivity index is 1.58. The van der Waals surface area contributed by atoms with E-state index in [2.05, 4.69) is 0 Å². The molecule has 0 saturated heterocycles. The number of benzene rings is 3. The molecule has 0 unspecified atom stereocenters. The zero-order valence-electron chi connectivity index (χ0n) is 20.4. The summed E-state index contributed by atoms with van der Waals surface area (Å²) in [5, 5.41) is 0. The van der Waals surface area contributed by atoms with Crippen LogP contribution in [0.3, 0.4) is 0 Å². The second-order valence-corrected chi connectivity index (χ2v) is 8.95. The molecule has 1 aliphatic rings. The van der Waals surface area contributed by atoms with Crippen LogP contribution in [0, 0.1) is 5.82 Å². The second-order valence-electron chi connectivity index (χ2n) is 8.95. The molecule has 182 valence electrons. The van der Waals surface area contributed by atoms with Gasteiger partial charge >= 0.3 is 0 Å². The van der Waals surface area contributed by atoms with Gasteiger partial charge in [-0.3, -0.25) is 9.59 Å². The van der Waals surface area contributed by atoms with Gasteiger partial charge in [-0.15, -0.1) is 0 Å². The van der Waals surface area contributed by atoms with Crippen LogP contribution in [0.1, 0.15) is 48.6 Å². The number of carbonyl (C=O) groups is 2. The molecular weight excluding hydrogens is 443 g/mol. The van der Waals surface area contributed by atoms with Gasteiger partial charge in [0, 0.05) is 26.6 Å². The predicted molar refractivity (Wildman–Crippen MR) is 133 cm³/mol. The third kappa shape index (κ3) is 5.53. The van der Waals surface area contributed by atoms with Crippen LogP contribution in [0.2, 0.25) is 0 Å². The van der Waals surface area contributed by atoms with Gasteiger partial charge in [0.15, 0.2) is 6.10 Å². The monoisotopic (exact) mass is 474 g/mol. The highest BCUT2D eigenvalue weighted by atomic mass is 19.1. The van der Waals surface area contributed by atoms with Gasteiger partial charge in [-0.25, -0.2) is 4.39 Å². The molecule has 0 spiro atoms. The van der Waals surface area contributed by atoms with Crippen molar-refractivity contribution in [1.82, 2.24) is 9.80 Å². The smallest absolute Gasteiger partial charge is 0.263 e. The Morgan fingerprint density at radius 1 is 1.09 bits per heavy atom. The van der Waals surface area contributed by atoms with Crippen molar-refractivity contribution in [3.05, 3.63) is 101 Å². The molecule has 2 amide bonds. The van der Waals surface area contributed by atoms with Crippen LogP contribution in [0.25, 0.3) is 0 Å². The van der Waals surface area contributed by atoms with Crippen LogP contribution in [0.15, 0.2) is 72.8 Å². The van der Waals surface area contributed by atoms with Gasteiger partial charge in [-0.05, 0) is 59.9 Å². The van der Waals surface area contributed by atoms with Gasteiger partial charge in [0.25, 0.3) is 5.91 Å². The van der Waals surface area contributed by atoms with E-state index in [1.165, 1.54) is 12.1 Å². The minimum Gasteiger partial charge on any atom is -0.481 e. The summed E-state index contributed by atoms with van der Waals surface area (Å²) in [6.45, 7) is 4.63. The van der Waals surface area contributed by atoms with Gasteiger partial charge in [0.05, 0.1) is 6.04 Å². The van der Waals surface area contributed by atoms with Crippen LogP contribution in [-0.2, 0) is 22.6 Å². The molecule has 0 fully saturated rings. The van der Waals surface area contributed by atoms with Gasteiger partial charge in [-0.2, -0.15) is 0 Å². The fourth-order valence-corrected chi connectivity index (χ4v) is 4.67. The van der Waals surface area contributed by atoms with Gasteiger partial charge in [0.1, 0.15) is 11.6 Å². The molecule has 4 rings (SSSR count). The normalized spacial score (nSPS) is 15.8. The lowest BCUT2D eigenvalue weighted by Gasteiger charge is -2.38. The molecule has 35 heavy (non-hydrogen) atoms. The molecule has 3 aromatic rings. The quantitative estimate of drug-likeness (QED) is 0.477. The highest BCUT2D eigenvalue weighted by Gasteiger charge is 2.32. The summed E-state index contributed by atoms with van der Waals surface area (Å²) in [6.07, 6.45) is 0.393. The zero-order valence-corrected chi connectivity index (χ0v) is 20.4.